The van der Waals surface area contributed by atoms with Crippen LogP contribution in [0.4, 0.5) is 6.01 Å². The molecule has 1 unspecified atom stereocenters. The molecule has 114 valence electrons. The van der Waals surface area contributed by atoms with Crippen molar-refractivity contribution in [3.63, 3.8) is 0 Å². The first-order valence-corrected chi connectivity index (χ1v) is 7.46. The largest absolute Gasteiger partial charge is 0.432 e. The van der Waals surface area contributed by atoms with Crippen molar-refractivity contribution in [2.24, 2.45) is 0 Å². The van der Waals surface area contributed by atoms with Gasteiger partial charge in [-0.1, -0.05) is 0 Å². The van der Waals surface area contributed by atoms with Crippen LogP contribution in [0.15, 0.2) is 10.7 Å². The van der Waals surface area contributed by atoms with E-state index in [0.717, 1.165) is 31.8 Å². The summed E-state index contributed by atoms with van der Waals surface area (Å²) >= 11 is 0. The van der Waals surface area contributed by atoms with E-state index >= 15 is 0 Å². The molecule has 1 fully saturated rings. The number of hydrogen-bond donors (Lipinski definition) is 1. The van der Waals surface area contributed by atoms with Crippen molar-refractivity contribution in [1.82, 2.24) is 10.3 Å². The fourth-order valence-corrected chi connectivity index (χ4v) is 2.24. The smallest absolute Gasteiger partial charge is 0.297 e. The van der Waals surface area contributed by atoms with E-state index in [1.54, 1.807) is 6.26 Å². The molecule has 1 saturated heterocycles. The van der Waals surface area contributed by atoms with E-state index in [1.807, 2.05) is 11.9 Å². The van der Waals surface area contributed by atoms with Gasteiger partial charge in [0.05, 0.1) is 11.8 Å². The Morgan fingerprint density at radius 1 is 1.40 bits per heavy atom. The quantitative estimate of drug-likeness (QED) is 0.899. The second-order valence-electron chi connectivity index (χ2n) is 6.59. The van der Waals surface area contributed by atoms with Gasteiger partial charge in [0.1, 0.15) is 6.26 Å². The Bertz CT molecular complexity index is 405. The van der Waals surface area contributed by atoms with Crippen LogP contribution in [0, 0.1) is 0 Å². The molecule has 1 aliphatic heterocycles. The topological polar surface area (TPSA) is 50.5 Å². The van der Waals surface area contributed by atoms with Crippen LogP contribution in [0.25, 0.3) is 0 Å². The maximum Gasteiger partial charge on any atom is 0.297 e. The molecule has 1 N–H and O–H groups in total. The molecule has 1 aliphatic rings. The van der Waals surface area contributed by atoms with Crippen LogP contribution in [0.2, 0.25) is 0 Å². The van der Waals surface area contributed by atoms with E-state index in [-0.39, 0.29) is 5.54 Å². The van der Waals surface area contributed by atoms with Gasteiger partial charge < -0.3 is 19.4 Å². The molecule has 0 spiro atoms. The summed E-state index contributed by atoms with van der Waals surface area (Å²) in [5.74, 6) is 0. The minimum absolute atomic E-state index is 0.0843. The van der Waals surface area contributed by atoms with Crippen molar-refractivity contribution in [2.75, 3.05) is 25.1 Å². The number of anilines is 1. The molecule has 5 nitrogen and oxygen atoms in total. The summed E-state index contributed by atoms with van der Waals surface area (Å²) in [6, 6.07) is 0.671. The first kappa shape index (κ1) is 15.3. The minimum Gasteiger partial charge on any atom is -0.432 e. The lowest BCUT2D eigenvalue weighted by Crippen LogP contribution is -2.35. The van der Waals surface area contributed by atoms with Crippen LogP contribution < -0.4 is 10.2 Å². The molecule has 2 heterocycles. The molecule has 0 aromatic carbocycles. The zero-order valence-corrected chi connectivity index (χ0v) is 13.1. The Morgan fingerprint density at radius 3 is 2.85 bits per heavy atom. The summed E-state index contributed by atoms with van der Waals surface area (Å²) in [5.41, 5.74) is 1.02. The maximum absolute atomic E-state index is 5.75. The summed E-state index contributed by atoms with van der Waals surface area (Å²) in [4.78, 5) is 6.56. The third kappa shape index (κ3) is 4.80. The average Bonchev–Trinajstić information content (AvgIpc) is 2.86. The zero-order valence-electron chi connectivity index (χ0n) is 13.1. The number of ether oxygens (including phenoxy) is 1. The number of oxazole rings is 1. The van der Waals surface area contributed by atoms with Crippen LogP contribution >= 0.6 is 0 Å². The van der Waals surface area contributed by atoms with Crippen LogP contribution in [-0.2, 0) is 11.3 Å². The Hall–Kier alpha value is -1.07. The Balaban J connectivity index is 1.84. The van der Waals surface area contributed by atoms with Gasteiger partial charge in [-0.3, -0.25) is 0 Å². The van der Waals surface area contributed by atoms with Crippen LogP contribution in [-0.4, -0.2) is 36.8 Å². The highest BCUT2D eigenvalue weighted by atomic mass is 16.5. The number of hydrogen-bond acceptors (Lipinski definition) is 5. The number of nitrogens with zero attached hydrogens (tertiary/aromatic N) is 2. The molecule has 2 rings (SSSR count). The van der Waals surface area contributed by atoms with Gasteiger partial charge in [0.25, 0.3) is 6.01 Å². The van der Waals surface area contributed by atoms with Crippen molar-refractivity contribution in [3.8, 4) is 0 Å². The summed E-state index contributed by atoms with van der Waals surface area (Å²) in [6.07, 6.45) is 5.60. The van der Waals surface area contributed by atoms with E-state index in [9.17, 15) is 0 Å². The minimum atomic E-state index is 0.0843. The zero-order chi connectivity index (χ0) is 14.6. The number of aromatic nitrogens is 1. The highest BCUT2D eigenvalue weighted by molar-refractivity contribution is 5.25. The summed E-state index contributed by atoms with van der Waals surface area (Å²) in [6.45, 7) is 8.86. The highest BCUT2D eigenvalue weighted by Gasteiger charge is 2.19. The van der Waals surface area contributed by atoms with Crippen LogP contribution in [0.5, 0.6) is 0 Å². The van der Waals surface area contributed by atoms with Crippen molar-refractivity contribution < 1.29 is 9.15 Å². The number of likely N-dealkylation sites (N-methyl/N-ethyl adjacent to an activating group) is 1. The van der Waals surface area contributed by atoms with Gasteiger partial charge in [-0.2, -0.15) is 4.98 Å². The molecule has 0 aliphatic carbocycles. The fraction of sp³-hybridized carbons (Fsp3) is 0.800. The molecule has 0 bridgehead atoms. The van der Waals surface area contributed by atoms with Gasteiger partial charge >= 0.3 is 0 Å². The summed E-state index contributed by atoms with van der Waals surface area (Å²) < 4.78 is 11.3. The van der Waals surface area contributed by atoms with Gasteiger partial charge in [0, 0.05) is 32.3 Å². The first-order chi connectivity index (χ1) is 9.44. The van der Waals surface area contributed by atoms with E-state index in [4.69, 9.17) is 9.15 Å². The molecule has 20 heavy (non-hydrogen) atoms. The molecule has 0 radical (unpaired) electrons. The third-order valence-corrected chi connectivity index (χ3v) is 3.42. The van der Waals surface area contributed by atoms with Crippen molar-refractivity contribution >= 4 is 6.01 Å². The van der Waals surface area contributed by atoms with Gasteiger partial charge in [0.2, 0.25) is 0 Å². The van der Waals surface area contributed by atoms with E-state index in [2.05, 4.69) is 31.1 Å². The standard InChI is InChI=1S/C15H27N3O2/c1-15(2,3)16-9-12-11-20-14(17-12)18(4)10-13-7-5-6-8-19-13/h11,13,16H,5-10H2,1-4H3. The lowest BCUT2D eigenvalue weighted by Gasteiger charge is -2.26. The van der Waals surface area contributed by atoms with E-state index < -0.39 is 0 Å². The van der Waals surface area contributed by atoms with Crippen molar-refractivity contribution in [1.29, 1.82) is 0 Å². The molecule has 1 aromatic rings. The molecular formula is C15H27N3O2. The molecular weight excluding hydrogens is 254 g/mol. The molecule has 0 amide bonds. The lowest BCUT2D eigenvalue weighted by molar-refractivity contribution is 0.0211. The van der Waals surface area contributed by atoms with E-state index in [0.29, 0.717) is 12.1 Å². The highest BCUT2D eigenvalue weighted by Crippen LogP contribution is 2.18. The predicted octanol–water partition coefficient (Wildman–Crippen LogP) is 2.57. The van der Waals surface area contributed by atoms with E-state index in [1.165, 1.54) is 12.8 Å². The average molecular weight is 281 g/mol. The van der Waals surface area contributed by atoms with Gasteiger partial charge in [0.15, 0.2) is 0 Å². The Kier molecular flexibility index (Phi) is 5.05. The van der Waals surface area contributed by atoms with Gasteiger partial charge in [-0.05, 0) is 40.0 Å². The fourth-order valence-electron chi connectivity index (χ4n) is 2.24. The maximum atomic E-state index is 5.75. The van der Waals surface area contributed by atoms with Crippen LogP contribution in [0.3, 0.4) is 0 Å². The SMILES string of the molecule is CN(CC1CCCCO1)c1nc(CNC(C)(C)C)co1. The predicted molar refractivity (Wildman–Crippen MR) is 80.0 cm³/mol. The van der Waals surface area contributed by atoms with Gasteiger partial charge in [-0.15, -0.1) is 0 Å². The second-order valence-corrected chi connectivity index (χ2v) is 6.59. The normalized spacial score (nSPS) is 20.1. The monoisotopic (exact) mass is 281 g/mol. The number of rotatable bonds is 5. The number of nitrogens with one attached hydrogen (secondary N) is 1. The first-order valence-electron chi connectivity index (χ1n) is 7.46. The van der Waals surface area contributed by atoms with Crippen molar-refractivity contribution in [2.45, 2.75) is 58.2 Å². The summed E-state index contributed by atoms with van der Waals surface area (Å²) in [7, 11) is 2.00. The molecule has 1 aromatic heterocycles. The Morgan fingerprint density at radius 2 is 2.20 bits per heavy atom. The van der Waals surface area contributed by atoms with Gasteiger partial charge in [-0.25, -0.2) is 0 Å². The third-order valence-electron chi connectivity index (χ3n) is 3.42. The lowest BCUT2D eigenvalue weighted by atomic mass is 10.1. The van der Waals surface area contributed by atoms with Crippen molar-refractivity contribution in [3.05, 3.63) is 12.0 Å². The molecule has 5 heteroatoms. The summed E-state index contributed by atoms with van der Waals surface area (Å²) in [5, 5.41) is 3.41. The molecule has 0 saturated carbocycles. The molecule has 1 atom stereocenters. The Labute approximate surface area is 121 Å². The second kappa shape index (κ2) is 6.59. The van der Waals surface area contributed by atoms with Crippen LogP contribution in [0.1, 0.15) is 45.7 Å².